The van der Waals surface area contributed by atoms with Crippen molar-refractivity contribution in [2.24, 2.45) is 0 Å². The molecule has 28 heavy (non-hydrogen) atoms. The molecule has 1 amide bonds. The number of rotatable bonds is 4. The van der Waals surface area contributed by atoms with Crippen LogP contribution < -0.4 is 15.4 Å². The lowest BCUT2D eigenvalue weighted by molar-refractivity contribution is 0.102. The Morgan fingerprint density at radius 2 is 1.89 bits per heavy atom. The van der Waals surface area contributed by atoms with E-state index in [4.69, 9.17) is 4.74 Å². The highest BCUT2D eigenvalue weighted by Crippen LogP contribution is 2.40. The van der Waals surface area contributed by atoms with Crippen molar-refractivity contribution in [3.8, 4) is 5.75 Å². The van der Waals surface area contributed by atoms with Gasteiger partial charge in [0.15, 0.2) is 5.13 Å². The zero-order valence-corrected chi connectivity index (χ0v) is 17.6. The number of methoxy groups -OCH3 is 1. The SMILES string of the molecule is COc1ccc(C2CCNCC2)c2sc(NC(=O)c3ccc(C)cc3)nc12.Cl. The van der Waals surface area contributed by atoms with Crippen molar-refractivity contribution < 1.29 is 9.53 Å². The molecule has 1 aliphatic heterocycles. The number of aromatic nitrogens is 1. The predicted octanol–water partition coefficient (Wildman–Crippen LogP) is 4.75. The minimum Gasteiger partial charge on any atom is -0.494 e. The van der Waals surface area contributed by atoms with Gasteiger partial charge in [-0.15, -0.1) is 12.4 Å². The Bertz CT molecular complexity index is 966. The third kappa shape index (κ3) is 4.14. The summed E-state index contributed by atoms with van der Waals surface area (Å²) in [7, 11) is 1.66. The van der Waals surface area contributed by atoms with Gasteiger partial charge in [0.2, 0.25) is 0 Å². The van der Waals surface area contributed by atoms with Crippen molar-refractivity contribution in [3.05, 3.63) is 53.1 Å². The molecule has 1 aromatic heterocycles. The molecular formula is C21H24ClN3O2S. The van der Waals surface area contributed by atoms with E-state index in [1.54, 1.807) is 7.11 Å². The molecule has 4 rings (SSSR count). The second-order valence-corrected chi connectivity index (χ2v) is 7.90. The van der Waals surface area contributed by atoms with E-state index in [2.05, 4.69) is 21.7 Å². The van der Waals surface area contributed by atoms with E-state index in [1.165, 1.54) is 16.9 Å². The molecule has 0 aliphatic carbocycles. The summed E-state index contributed by atoms with van der Waals surface area (Å²) in [5.41, 5.74) is 3.90. The largest absolute Gasteiger partial charge is 0.494 e. The molecule has 7 heteroatoms. The summed E-state index contributed by atoms with van der Waals surface area (Å²) >= 11 is 1.53. The zero-order valence-electron chi connectivity index (χ0n) is 16.0. The highest BCUT2D eigenvalue weighted by molar-refractivity contribution is 7.22. The van der Waals surface area contributed by atoms with Crippen molar-refractivity contribution in [3.63, 3.8) is 0 Å². The third-order valence-corrected chi connectivity index (χ3v) is 6.09. The van der Waals surface area contributed by atoms with Crippen LogP contribution in [-0.4, -0.2) is 31.1 Å². The number of halogens is 1. The maximum Gasteiger partial charge on any atom is 0.257 e. The number of carbonyl (C=O) groups excluding carboxylic acids is 1. The minimum atomic E-state index is -0.142. The molecule has 1 aliphatic rings. The molecule has 2 aromatic carbocycles. The Morgan fingerprint density at radius 1 is 1.18 bits per heavy atom. The summed E-state index contributed by atoms with van der Waals surface area (Å²) in [5.74, 6) is 1.12. The first-order valence-corrected chi connectivity index (χ1v) is 10.0. The van der Waals surface area contributed by atoms with E-state index in [9.17, 15) is 4.79 Å². The fraction of sp³-hybridized carbons (Fsp3) is 0.333. The van der Waals surface area contributed by atoms with E-state index in [-0.39, 0.29) is 18.3 Å². The van der Waals surface area contributed by atoms with Gasteiger partial charge >= 0.3 is 0 Å². The number of ether oxygens (including phenoxy) is 1. The van der Waals surface area contributed by atoms with Crippen LogP contribution in [0.5, 0.6) is 5.75 Å². The molecule has 3 aromatic rings. The highest BCUT2D eigenvalue weighted by atomic mass is 35.5. The maximum atomic E-state index is 12.6. The van der Waals surface area contributed by atoms with Crippen LogP contribution in [0.1, 0.15) is 40.2 Å². The van der Waals surface area contributed by atoms with Crippen LogP contribution in [0, 0.1) is 6.92 Å². The molecule has 0 spiro atoms. The van der Waals surface area contributed by atoms with Crippen LogP contribution >= 0.6 is 23.7 Å². The lowest BCUT2D eigenvalue weighted by Crippen LogP contribution is -2.26. The average Bonchev–Trinajstić information content (AvgIpc) is 3.11. The summed E-state index contributed by atoms with van der Waals surface area (Å²) in [4.78, 5) is 17.2. The molecule has 0 saturated carbocycles. The van der Waals surface area contributed by atoms with E-state index >= 15 is 0 Å². The number of carbonyl (C=O) groups is 1. The summed E-state index contributed by atoms with van der Waals surface area (Å²) in [6.45, 7) is 4.08. The first kappa shape index (κ1) is 20.6. The average molecular weight is 418 g/mol. The van der Waals surface area contributed by atoms with E-state index < -0.39 is 0 Å². The smallest absolute Gasteiger partial charge is 0.257 e. The lowest BCUT2D eigenvalue weighted by Gasteiger charge is -2.23. The Labute approximate surface area is 174 Å². The van der Waals surface area contributed by atoms with Gasteiger partial charge in [-0.1, -0.05) is 35.1 Å². The van der Waals surface area contributed by atoms with Crippen LogP contribution in [0.15, 0.2) is 36.4 Å². The molecule has 1 saturated heterocycles. The first-order chi connectivity index (χ1) is 13.2. The van der Waals surface area contributed by atoms with Crippen LogP contribution in [0.25, 0.3) is 10.2 Å². The van der Waals surface area contributed by atoms with E-state index in [1.807, 2.05) is 37.3 Å². The number of piperidine rings is 1. The van der Waals surface area contributed by atoms with Gasteiger partial charge in [-0.05, 0) is 62.5 Å². The Balaban J connectivity index is 0.00000225. The predicted molar refractivity (Wildman–Crippen MR) is 117 cm³/mol. The molecule has 0 unspecified atom stereocenters. The number of fused-ring (bicyclic) bond motifs is 1. The van der Waals surface area contributed by atoms with Gasteiger partial charge in [0.1, 0.15) is 11.3 Å². The number of hydrogen-bond donors (Lipinski definition) is 2. The monoisotopic (exact) mass is 417 g/mol. The van der Waals surface area contributed by atoms with Gasteiger partial charge in [0.05, 0.1) is 11.8 Å². The quantitative estimate of drug-likeness (QED) is 0.642. The van der Waals surface area contributed by atoms with E-state index in [0.717, 1.165) is 47.5 Å². The van der Waals surface area contributed by atoms with Gasteiger partial charge in [-0.25, -0.2) is 4.98 Å². The van der Waals surface area contributed by atoms with Crippen LogP contribution in [0.2, 0.25) is 0 Å². The Hall–Kier alpha value is -2.15. The molecule has 0 radical (unpaired) electrons. The molecule has 5 nitrogen and oxygen atoms in total. The minimum absolute atomic E-state index is 0. The van der Waals surface area contributed by atoms with Gasteiger partial charge in [0.25, 0.3) is 5.91 Å². The Morgan fingerprint density at radius 3 is 2.57 bits per heavy atom. The van der Waals surface area contributed by atoms with Crippen molar-refractivity contribution in [2.75, 3.05) is 25.5 Å². The van der Waals surface area contributed by atoms with Crippen LogP contribution in [0.3, 0.4) is 0 Å². The summed E-state index contributed by atoms with van der Waals surface area (Å²) in [5, 5.41) is 6.97. The van der Waals surface area contributed by atoms with Crippen LogP contribution in [-0.2, 0) is 0 Å². The van der Waals surface area contributed by atoms with Crippen molar-refractivity contribution >= 4 is 45.0 Å². The summed E-state index contributed by atoms with van der Waals surface area (Å²) < 4.78 is 6.62. The fourth-order valence-corrected chi connectivity index (χ4v) is 4.62. The summed E-state index contributed by atoms with van der Waals surface area (Å²) in [6, 6.07) is 11.7. The highest BCUT2D eigenvalue weighted by Gasteiger charge is 2.22. The van der Waals surface area contributed by atoms with Gasteiger partial charge < -0.3 is 10.1 Å². The number of nitrogens with one attached hydrogen (secondary N) is 2. The topological polar surface area (TPSA) is 63.2 Å². The molecule has 1 fully saturated rings. The number of nitrogens with zero attached hydrogens (tertiary/aromatic N) is 1. The van der Waals surface area contributed by atoms with Crippen molar-refractivity contribution in [1.29, 1.82) is 0 Å². The Kier molecular flexibility index (Phi) is 6.54. The molecule has 0 bridgehead atoms. The second-order valence-electron chi connectivity index (χ2n) is 6.90. The number of thiazole rings is 1. The van der Waals surface area contributed by atoms with Gasteiger partial charge in [-0.2, -0.15) is 0 Å². The van der Waals surface area contributed by atoms with Crippen molar-refractivity contribution in [1.82, 2.24) is 10.3 Å². The van der Waals surface area contributed by atoms with Gasteiger partial charge in [0, 0.05) is 5.56 Å². The number of amides is 1. The summed E-state index contributed by atoms with van der Waals surface area (Å²) in [6.07, 6.45) is 2.23. The van der Waals surface area contributed by atoms with Gasteiger partial charge in [-0.3, -0.25) is 10.1 Å². The maximum absolute atomic E-state index is 12.6. The second kappa shape index (κ2) is 8.90. The third-order valence-electron chi connectivity index (χ3n) is 5.07. The number of benzene rings is 2. The number of aryl methyl sites for hydroxylation is 1. The normalized spacial score (nSPS) is 14.5. The molecule has 2 N–H and O–H groups in total. The number of hydrogen-bond acceptors (Lipinski definition) is 5. The number of anilines is 1. The molecule has 148 valence electrons. The molecule has 0 atom stereocenters. The molecule has 2 heterocycles. The molecular weight excluding hydrogens is 394 g/mol. The first-order valence-electron chi connectivity index (χ1n) is 9.22. The van der Waals surface area contributed by atoms with Crippen molar-refractivity contribution in [2.45, 2.75) is 25.7 Å². The standard InChI is InChI=1S/C21H23N3O2S.ClH/c1-13-3-5-15(6-4-13)20(25)24-21-23-18-17(26-2)8-7-16(19(18)27-21)14-9-11-22-12-10-14;/h3-8,14,22H,9-12H2,1-2H3,(H,23,24,25);1H. The van der Waals surface area contributed by atoms with Crippen LogP contribution in [0.4, 0.5) is 5.13 Å². The van der Waals surface area contributed by atoms with E-state index in [0.29, 0.717) is 16.6 Å². The zero-order chi connectivity index (χ0) is 18.8. The fourth-order valence-electron chi connectivity index (χ4n) is 3.55. The lowest BCUT2D eigenvalue weighted by atomic mass is 9.90.